The van der Waals surface area contributed by atoms with Gasteiger partial charge in [-0.2, -0.15) is 0 Å². The predicted molar refractivity (Wildman–Crippen MR) is 296 cm³/mol. The van der Waals surface area contributed by atoms with Crippen LogP contribution in [0.4, 0.5) is 0 Å². The normalized spacial score (nSPS) is 11.4. The van der Waals surface area contributed by atoms with Crippen molar-refractivity contribution in [1.29, 1.82) is 0 Å². The summed E-state index contributed by atoms with van der Waals surface area (Å²) in [6.45, 7) is 0. The average molecular weight is 889 g/mol. The van der Waals surface area contributed by atoms with E-state index in [1.807, 2.05) is 6.07 Å². The molecule has 13 rings (SSSR count). The first-order valence-electron chi connectivity index (χ1n) is 24.0. The molecule has 0 aliphatic heterocycles. The zero-order valence-electron chi connectivity index (χ0n) is 38.3. The molecule has 0 saturated heterocycles. The Balaban J connectivity index is 0.893. The first kappa shape index (κ1) is 41.0. The van der Waals surface area contributed by atoms with Crippen molar-refractivity contribution in [2.45, 2.75) is 0 Å². The van der Waals surface area contributed by atoms with Crippen LogP contribution in [0.5, 0.6) is 0 Å². The summed E-state index contributed by atoms with van der Waals surface area (Å²) in [5, 5.41) is 10.0. The highest BCUT2D eigenvalue weighted by molar-refractivity contribution is 6.26. The summed E-state index contributed by atoms with van der Waals surface area (Å²) in [6, 6.07) is 96.2. The van der Waals surface area contributed by atoms with Crippen LogP contribution >= 0.6 is 0 Å². The Morgan fingerprint density at radius 1 is 0.200 bits per heavy atom. The van der Waals surface area contributed by atoms with E-state index in [1.165, 1.54) is 82.0 Å². The van der Waals surface area contributed by atoms with Crippen molar-refractivity contribution in [2.75, 3.05) is 0 Å². The zero-order chi connectivity index (χ0) is 46.4. The molecule has 0 fully saturated rings. The first-order valence-corrected chi connectivity index (χ1v) is 24.0. The standard InChI is InChI=1S/C68H44N2/c1-3-14-45(15-4-1)48-26-33-51(34-27-48)65-44-66(70-68(69-65)53-37-30-49(31-38-53)46-16-5-2-6-17-46)52-35-28-50(29-36-52)55-21-13-22-56(40-55)63-43-64-62(58-39-32-47-18-7-8-19-54(47)41-58)42-57-20-9-10-23-59(57)67(64)61-25-12-11-24-60(61)63/h1-44H. The van der Waals surface area contributed by atoms with Gasteiger partial charge in [-0.3, -0.25) is 0 Å². The highest BCUT2D eigenvalue weighted by atomic mass is 14.9. The van der Waals surface area contributed by atoms with Gasteiger partial charge in [-0.15, -0.1) is 0 Å². The molecule has 326 valence electrons. The van der Waals surface area contributed by atoms with Crippen molar-refractivity contribution in [3.8, 4) is 89.5 Å². The fraction of sp³-hybridized carbons (Fsp3) is 0. The van der Waals surface area contributed by atoms with Crippen molar-refractivity contribution in [3.05, 3.63) is 267 Å². The maximum Gasteiger partial charge on any atom is 0.160 e. The number of fused-ring (bicyclic) bond motifs is 6. The molecule has 0 radical (unpaired) electrons. The second-order valence-electron chi connectivity index (χ2n) is 18.1. The Hall–Kier alpha value is -9.24. The Kier molecular flexibility index (Phi) is 10.2. The van der Waals surface area contributed by atoms with Gasteiger partial charge in [0, 0.05) is 16.7 Å². The lowest BCUT2D eigenvalue weighted by Gasteiger charge is -2.17. The lowest BCUT2D eigenvalue weighted by atomic mass is 9.86. The van der Waals surface area contributed by atoms with Crippen LogP contribution in [0.2, 0.25) is 0 Å². The fourth-order valence-electron chi connectivity index (χ4n) is 10.3. The quantitative estimate of drug-likeness (QED) is 0.142. The Bertz CT molecular complexity index is 3960. The van der Waals surface area contributed by atoms with Gasteiger partial charge in [-0.25, -0.2) is 9.97 Å². The molecule has 70 heavy (non-hydrogen) atoms. The highest BCUT2D eigenvalue weighted by Gasteiger charge is 2.17. The average Bonchev–Trinajstić information content (AvgIpc) is 3.45. The van der Waals surface area contributed by atoms with Gasteiger partial charge in [0.2, 0.25) is 0 Å². The van der Waals surface area contributed by atoms with Crippen LogP contribution in [-0.2, 0) is 0 Å². The smallest absolute Gasteiger partial charge is 0.160 e. The molecular weight excluding hydrogens is 845 g/mol. The molecule has 1 aromatic heterocycles. The van der Waals surface area contributed by atoms with Crippen LogP contribution in [-0.4, -0.2) is 9.97 Å². The molecule has 2 heteroatoms. The summed E-state index contributed by atoms with van der Waals surface area (Å²) >= 11 is 0. The topological polar surface area (TPSA) is 25.8 Å². The third-order valence-electron chi connectivity index (χ3n) is 13.9. The summed E-state index contributed by atoms with van der Waals surface area (Å²) in [5.74, 6) is 0.690. The van der Waals surface area contributed by atoms with Crippen molar-refractivity contribution < 1.29 is 0 Å². The Labute approximate surface area is 407 Å². The van der Waals surface area contributed by atoms with Gasteiger partial charge in [0.1, 0.15) is 0 Å². The fourth-order valence-corrected chi connectivity index (χ4v) is 10.3. The number of nitrogens with zero attached hydrogens (tertiary/aromatic N) is 2. The molecule has 0 N–H and O–H groups in total. The monoisotopic (exact) mass is 888 g/mol. The number of rotatable bonds is 8. The molecule has 1 heterocycles. The largest absolute Gasteiger partial charge is 0.228 e. The molecule has 0 unspecified atom stereocenters. The Morgan fingerprint density at radius 3 is 1.27 bits per heavy atom. The van der Waals surface area contributed by atoms with Crippen molar-refractivity contribution in [1.82, 2.24) is 9.97 Å². The van der Waals surface area contributed by atoms with Crippen molar-refractivity contribution in [3.63, 3.8) is 0 Å². The summed E-state index contributed by atoms with van der Waals surface area (Å²) in [6.07, 6.45) is 0. The van der Waals surface area contributed by atoms with E-state index in [4.69, 9.17) is 9.97 Å². The second-order valence-corrected chi connectivity index (χ2v) is 18.1. The van der Waals surface area contributed by atoms with Gasteiger partial charge in [-0.1, -0.05) is 237 Å². The zero-order valence-corrected chi connectivity index (χ0v) is 38.3. The molecule has 0 bridgehead atoms. The maximum absolute atomic E-state index is 5.23. The molecule has 0 aliphatic carbocycles. The predicted octanol–water partition coefficient (Wildman–Crippen LogP) is 18.4. The van der Waals surface area contributed by atoms with E-state index >= 15 is 0 Å². The number of hydrogen-bond donors (Lipinski definition) is 0. The molecule has 0 atom stereocenters. The SMILES string of the molecule is c1ccc(-c2ccc(-c3cc(-c4ccc(-c5cccc(-c6cc7c(-c8ccc9ccccc9c8)cc8ccccc8c7c7ccccc67)c5)cc4)nc(-c4ccc(-c5ccccc5)cc4)n3)cc2)cc1. The Morgan fingerprint density at radius 2 is 0.629 bits per heavy atom. The van der Waals surface area contributed by atoms with E-state index in [0.29, 0.717) is 5.82 Å². The minimum absolute atomic E-state index is 0.690. The summed E-state index contributed by atoms with van der Waals surface area (Å²) in [5.41, 5.74) is 16.6. The summed E-state index contributed by atoms with van der Waals surface area (Å²) in [4.78, 5) is 10.4. The van der Waals surface area contributed by atoms with E-state index in [0.717, 1.165) is 44.8 Å². The first-order chi connectivity index (χ1) is 34.7. The van der Waals surface area contributed by atoms with Crippen LogP contribution in [0.3, 0.4) is 0 Å². The third kappa shape index (κ3) is 7.59. The summed E-state index contributed by atoms with van der Waals surface area (Å²) in [7, 11) is 0. The van der Waals surface area contributed by atoms with Crippen molar-refractivity contribution >= 4 is 43.1 Å². The molecule has 0 aliphatic rings. The van der Waals surface area contributed by atoms with E-state index < -0.39 is 0 Å². The van der Waals surface area contributed by atoms with Crippen LogP contribution in [0.25, 0.3) is 133 Å². The van der Waals surface area contributed by atoms with Crippen LogP contribution in [0.15, 0.2) is 267 Å². The maximum atomic E-state index is 5.23. The van der Waals surface area contributed by atoms with Gasteiger partial charge < -0.3 is 0 Å². The van der Waals surface area contributed by atoms with Gasteiger partial charge in [0.15, 0.2) is 5.82 Å². The lowest BCUT2D eigenvalue weighted by molar-refractivity contribution is 1.18. The number of benzene rings is 12. The molecule has 0 spiro atoms. The van der Waals surface area contributed by atoms with Crippen LogP contribution in [0, 0.1) is 0 Å². The molecular formula is C68H44N2. The van der Waals surface area contributed by atoms with Crippen LogP contribution < -0.4 is 0 Å². The van der Waals surface area contributed by atoms with E-state index in [1.54, 1.807) is 0 Å². The molecule has 0 saturated carbocycles. The van der Waals surface area contributed by atoms with Crippen molar-refractivity contribution in [2.24, 2.45) is 0 Å². The second kappa shape index (κ2) is 17.4. The van der Waals surface area contributed by atoms with E-state index in [9.17, 15) is 0 Å². The molecule has 2 nitrogen and oxygen atoms in total. The molecule has 13 aromatic rings. The van der Waals surface area contributed by atoms with Gasteiger partial charge in [0.05, 0.1) is 11.4 Å². The molecule has 0 amide bonds. The number of hydrogen-bond acceptors (Lipinski definition) is 2. The van der Waals surface area contributed by atoms with E-state index in [2.05, 4.69) is 261 Å². The third-order valence-corrected chi connectivity index (χ3v) is 13.9. The minimum Gasteiger partial charge on any atom is -0.228 e. The van der Waals surface area contributed by atoms with Crippen LogP contribution in [0.1, 0.15) is 0 Å². The molecule has 12 aromatic carbocycles. The highest BCUT2D eigenvalue weighted by Crippen LogP contribution is 2.44. The minimum atomic E-state index is 0.690. The summed E-state index contributed by atoms with van der Waals surface area (Å²) < 4.78 is 0. The van der Waals surface area contributed by atoms with E-state index in [-0.39, 0.29) is 0 Å². The lowest BCUT2D eigenvalue weighted by Crippen LogP contribution is -1.96. The number of aromatic nitrogens is 2. The van der Waals surface area contributed by atoms with Gasteiger partial charge in [-0.05, 0) is 129 Å². The van der Waals surface area contributed by atoms with Gasteiger partial charge in [0.25, 0.3) is 0 Å². The van der Waals surface area contributed by atoms with Gasteiger partial charge >= 0.3 is 0 Å².